The molecule has 0 aliphatic heterocycles. The van der Waals surface area contributed by atoms with Crippen molar-refractivity contribution in [2.45, 2.75) is 6.42 Å². The van der Waals surface area contributed by atoms with Crippen LogP contribution in [0.2, 0.25) is 0 Å². The molecule has 0 bridgehead atoms. The van der Waals surface area contributed by atoms with Gasteiger partial charge in [0.25, 0.3) is 0 Å². The fourth-order valence-electron chi connectivity index (χ4n) is 2.92. The summed E-state index contributed by atoms with van der Waals surface area (Å²) < 4.78 is 21.4. The normalized spacial score (nSPS) is 10.8. The lowest BCUT2D eigenvalue weighted by Crippen LogP contribution is -2.11. The molecular weight excluding hydrogens is 414 g/mol. The monoisotopic (exact) mass is 435 g/mol. The van der Waals surface area contributed by atoms with Crippen LogP contribution in [-0.2, 0) is 11.2 Å². The van der Waals surface area contributed by atoms with E-state index < -0.39 is 0 Å². The quantitative estimate of drug-likeness (QED) is 0.215. The molecule has 3 aromatic rings. The number of carbonyl (C=O) groups excluding carboxylic acids is 1. The fourth-order valence-corrected chi connectivity index (χ4v) is 3.61. The van der Waals surface area contributed by atoms with Crippen LogP contribution in [0.3, 0.4) is 0 Å². The standard InChI is InChI=1S/C24H21NO5S/c1-27-20-9-7-17(13-23(20)29-3)18(15-25)11-16-6-8-21(22(12-16)28-2)30-24(26)14-19-5-4-10-31-19/h4-13H,14H2,1-3H3/b18-11-. The topological polar surface area (TPSA) is 77.8 Å². The summed E-state index contributed by atoms with van der Waals surface area (Å²) in [5.41, 5.74) is 1.84. The van der Waals surface area contributed by atoms with Crippen LogP contribution in [-0.4, -0.2) is 27.3 Å². The van der Waals surface area contributed by atoms with Crippen molar-refractivity contribution in [2.75, 3.05) is 21.3 Å². The van der Waals surface area contributed by atoms with Crippen LogP contribution in [0.5, 0.6) is 23.0 Å². The van der Waals surface area contributed by atoms with Gasteiger partial charge in [0.2, 0.25) is 0 Å². The molecule has 31 heavy (non-hydrogen) atoms. The summed E-state index contributed by atoms with van der Waals surface area (Å²) in [4.78, 5) is 13.1. The molecule has 2 aromatic carbocycles. The predicted molar refractivity (Wildman–Crippen MR) is 120 cm³/mol. The van der Waals surface area contributed by atoms with Gasteiger partial charge in [-0.05, 0) is 59.0 Å². The Kier molecular flexibility index (Phi) is 7.31. The third-order valence-corrected chi connectivity index (χ3v) is 5.31. The Bertz CT molecular complexity index is 1130. The van der Waals surface area contributed by atoms with Crippen LogP contribution < -0.4 is 18.9 Å². The molecule has 0 aliphatic carbocycles. The Labute approximate surface area is 184 Å². The van der Waals surface area contributed by atoms with Crippen molar-refractivity contribution in [1.29, 1.82) is 5.26 Å². The van der Waals surface area contributed by atoms with Crippen molar-refractivity contribution in [3.05, 3.63) is 69.9 Å². The third kappa shape index (κ3) is 5.44. The highest BCUT2D eigenvalue weighted by Gasteiger charge is 2.13. The van der Waals surface area contributed by atoms with Crippen LogP contribution in [0, 0.1) is 11.3 Å². The third-order valence-electron chi connectivity index (χ3n) is 4.44. The number of carbonyl (C=O) groups is 1. The molecular formula is C24H21NO5S. The molecule has 7 heteroatoms. The van der Waals surface area contributed by atoms with E-state index in [1.165, 1.54) is 18.4 Å². The first-order chi connectivity index (χ1) is 15.1. The van der Waals surface area contributed by atoms with E-state index in [1.807, 2.05) is 17.5 Å². The SMILES string of the molecule is COc1ccc(/C(C#N)=C\c2ccc(OC(=O)Cc3cccs3)c(OC)c2)cc1OC. The second kappa shape index (κ2) is 10.3. The molecule has 1 heterocycles. The molecule has 0 N–H and O–H groups in total. The first kappa shape index (κ1) is 21.9. The molecule has 0 amide bonds. The van der Waals surface area contributed by atoms with Gasteiger partial charge in [-0.1, -0.05) is 12.1 Å². The largest absolute Gasteiger partial charge is 0.493 e. The molecule has 6 nitrogen and oxygen atoms in total. The van der Waals surface area contributed by atoms with Crippen molar-refractivity contribution in [1.82, 2.24) is 0 Å². The molecule has 0 atom stereocenters. The van der Waals surface area contributed by atoms with Gasteiger partial charge in [0, 0.05) is 4.88 Å². The number of hydrogen-bond acceptors (Lipinski definition) is 7. The van der Waals surface area contributed by atoms with Crippen molar-refractivity contribution >= 4 is 29.0 Å². The zero-order valence-corrected chi connectivity index (χ0v) is 18.2. The van der Waals surface area contributed by atoms with E-state index in [0.29, 0.717) is 34.1 Å². The number of nitriles is 1. The van der Waals surface area contributed by atoms with E-state index in [0.717, 1.165) is 10.4 Å². The number of thiophene rings is 1. The molecule has 3 rings (SSSR count). The molecule has 158 valence electrons. The molecule has 1 aromatic heterocycles. The highest BCUT2D eigenvalue weighted by molar-refractivity contribution is 7.10. The van der Waals surface area contributed by atoms with Crippen molar-refractivity contribution < 1.29 is 23.7 Å². The number of allylic oxidation sites excluding steroid dienone is 1. The van der Waals surface area contributed by atoms with Gasteiger partial charge in [0.1, 0.15) is 0 Å². The van der Waals surface area contributed by atoms with Crippen LogP contribution >= 0.6 is 11.3 Å². The molecule has 0 saturated heterocycles. The van der Waals surface area contributed by atoms with Gasteiger partial charge in [-0.25, -0.2) is 0 Å². The zero-order valence-electron chi connectivity index (χ0n) is 17.4. The lowest BCUT2D eigenvalue weighted by atomic mass is 10.0. The average molecular weight is 436 g/mol. The summed E-state index contributed by atoms with van der Waals surface area (Å²) in [5, 5.41) is 11.6. The van der Waals surface area contributed by atoms with E-state index >= 15 is 0 Å². The highest BCUT2D eigenvalue weighted by atomic mass is 32.1. The number of benzene rings is 2. The van der Waals surface area contributed by atoms with Gasteiger partial charge in [-0.2, -0.15) is 5.26 Å². The minimum Gasteiger partial charge on any atom is -0.493 e. The van der Waals surface area contributed by atoms with Gasteiger partial charge in [0.05, 0.1) is 39.4 Å². The second-order valence-corrected chi connectivity index (χ2v) is 7.41. The first-order valence-electron chi connectivity index (χ1n) is 9.33. The van der Waals surface area contributed by atoms with E-state index in [4.69, 9.17) is 18.9 Å². The van der Waals surface area contributed by atoms with Crippen molar-refractivity contribution in [2.24, 2.45) is 0 Å². The summed E-state index contributed by atoms with van der Waals surface area (Å²) in [6, 6.07) is 16.4. The molecule has 0 spiro atoms. The number of hydrogen-bond donors (Lipinski definition) is 0. The summed E-state index contributed by atoms with van der Waals surface area (Å²) in [5.74, 6) is 1.47. The van der Waals surface area contributed by atoms with Gasteiger partial charge in [0.15, 0.2) is 23.0 Å². The van der Waals surface area contributed by atoms with Gasteiger partial charge in [-0.3, -0.25) is 4.79 Å². The maximum atomic E-state index is 12.2. The summed E-state index contributed by atoms with van der Waals surface area (Å²) in [7, 11) is 4.60. The van der Waals surface area contributed by atoms with Crippen LogP contribution in [0.4, 0.5) is 0 Å². The van der Waals surface area contributed by atoms with Gasteiger partial charge < -0.3 is 18.9 Å². The van der Waals surface area contributed by atoms with Crippen LogP contribution in [0.15, 0.2) is 53.9 Å². The summed E-state index contributed by atoms with van der Waals surface area (Å²) in [6.45, 7) is 0. The molecule has 0 saturated carbocycles. The number of rotatable bonds is 8. The molecule has 0 aliphatic rings. The number of nitrogens with zero attached hydrogens (tertiary/aromatic N) is 1. The minimum absolute atomic E-state index is 0.195. The predicted octanol–water partition coefficient (Wildman–Crippen LogP) is 4.99. The Hall–Kier alpha value is -3.76. The highest BCUT2D eigenvalue weighted by Crippen LogP contribution is 2.33. The fraction of sp³-hybridized carbons (Fsp3) is 0.167. The Morgan fingerprint density at radius 3 is 2.32 bits per heavy atom. The van der Waals surface area contributed by atoms with E-state index in [-0.39, 0.29) is 12.4 Å². The Morgan fingerprint density at radius 2 is 1.68 bits per heavy atom. The summed E-state index contributed by atoms with van der Waals surface area (Å²) in [6.07, 6.45) is 1.92. The lowest BCUT2D eigenvalue weighted by Gasteiger charge is -2.11. The smallest absolute Gasteiger partial charge is 0.316 e. The number of esters is 1. The van der Waals surface area contributed by atoms with E-state index in [9.17, 15) is 10.1 Å². The molecule has 0 unspecified atom stereocenters. The maximum Gasteiger partial charge on any atom is 0.316 e. The van der Waals surface area contributed by atoms with Crippen molar-refractivity contribution in [3.63, 3.8) is 0 Å². The van der Waals surface area contributed by atoms with E-state index in [1.54, 1.807) is 56.7 Å². The Balaban J connectivity index is 1.84. The van der Waals surface area contributed by atoms with E-state index in [2.05, 4.69) is 6.07 Å². The number of methoxy groups -OCH3 is 3. The minimum atomic E-state index is -0.368. The molecule has 0 fully saturated rings. The van der Waals surface area contributed by atoms with Gasteiger partial charge >= 0.3 is 5.97 Å². The average Bonchev–Trinajstić information content (AvgIpc) is 3.30. The maximum absolute atomic E-state index is 12.2. The van der Waals surface area contributed by atoms with Gasteiger partial charge in [-0.15, -0.1) is 11.3 Å². The van der Waals surface area contributed by atoms with Crippen LogP contribution in [0.1, 0.15) is 16.0 Å². The molecule has 0 radical (unpaired) electrons. The Morgan fingerprint density at radius 1 is 0.968 bits per heavy atom. The lowest BCUT2D eigenvalue weighted by molar-refractivity contribution is -0.133. The van der Waals surface area contributed by atoms with Crippen molar-refractivity contribution in [3.8, 4) is 29.1 Å². The second-order valence-electron chi connectivity index (χ2n) is 6.38. The van der Waals surface area contributed by atoms with Crippen LogP contribution in [0.25, 0.3) is 11.6 Å². The summed E-state index contributed by atoms with van der Waals surface area (Å²) >= 11 is 1.50. The first-order valence-corrected chi connectivity index (χ1v) is 10.2. The zero-order chi connectivity index (χ0) is 22.2. The number of ether oxygens (including phenoxy) is 4.